The van der Waals surface area contributed by atoms with Crippen molar-refractivity contribution in [3.63, 3.8) is 0 Å². The fourth-order valence-electron chi connectivity index (χ4n) is 1.62. The Morgan fingerprint density at radius 2 is 2.12 bits per heavy atom. The molecule has 0 spiro atoms. The molecule has 0 saturated carbocycles. The van der Waals surface area contributed by atoms with Crippen molar-refractivity contribution in [3.05, 3.63) is 39.7 Å². The molecule has 0 aliphatic carbocycles. The average Bonchev–Trinajstić information content (AvgIpc) is 2.29. The van der Waals surface area contributed by atoms with Crippen LogP contribution in [0.3, 0.4) is 0 Å². The number of ether oxygens (including phenoxy) is 1. The van der Waals surface area contributed by atoms with Gasteiger partial charge in [0.2, 0.25) is 11.2 Å². The minimum absolute atomic E-state index is 0.235. The molecule has 0 radical (unpaired) electrons. The Balaban J connectivity index is 2.93. The van der Waals surface area contributed by atoms with Crippen LogP contribution in [-0.2, 0) is 0 Å². The summed E-state index contributed by atoms with van der Waals surface area (Å²) < 4.78 is 9.95. The van der Waals surface area contributed by atoms with Gasteiger partial charge in [-0.1, -0.05) is 11.6 Å². The highest BCUT2D eigenvalue weighted by Gasteiger charge is 2.20. The molecular weight excluding hydrogens is 224 g/mol. The van der Waals surface area contributed by atoms with Crippen LogP contribution in [0.1, 0.15) is 16.1 Å². The van der Waals surface area contributed by atoms with Crippen molar-refractivity contribution in [1.29, 1.82) is 0 Å². The third-order valence-corrected chi connectivity index (χ3v) is 2.40. The monoisotopic (exact) mass is 234 g/mol. The SMILES string of the molecule is COc1c(C(=O)O)oc2ccc(C)cc2c1=O. The third-order valence-electron chi connectivity index (χ3n) is 2.40. The van der Waals surface area contributed by atoms with Gasteiger partial charge in [-0.05, 0) is 19.1 Å². The predicted molar refractivity (Wildman–Crippen MR) is 60.7 cm³/mol. The number of carbonyl (C=O) groups is 1. The van der Waals surface area contributed by atoms with Gasteiger partial charge in [0.1, 0.15) is 5.58 Å². The van der Waals surface area contributed by atoms with Crippen LogP contribution < -0.4 is 10.2 Å². The zero-order chi connectivity index (χ0) is 12.6. The van der Waals surface area contributed by atoms with Crippen LogP contribution in [0.2, 0.25) is 0 Å². The number of rotatable bonds is 2. The summed E-state index contributed by atoms with van der Waals surface area (Å²) in [6.07, 6.45) is 0. The quantitative estimate of drug-likeness (QED) is 0.857. The molecule has 5 nitrogen and oxygen atoms in total. The van der Waals surface area contributed by atoms with Gasteiger partial charge in [0, 0.05) is 0 Å². The number of fused-ring (bicyclic) bond motifs is 1. The standard InChI is InChI=1S/C12H10O5/c1-6-3-4-8-7(5-6)9(13)10(16-2)11(17-8)12(14)15/h3-5H,1-2H3,(H,14,15). The first-order valence-electron chi connectivity index (χ1n) is 4.89. The van der Waals surface area contributed by atoms with Crippen LogP contribution in [0.5, 0.6) is 5.75 Å². The lowest BCUT2D eigenvalue weighted by Crippen LogP contribution is -2.12. The van der Waals surface area contributed by atoms with Crippen molar-refractivity contribution in [3.8, 4) is 5.75 Å². The van der Waals surface area contributed by atoms with Crippen molar-refractivity contribution >= 4 is 16.9 Å². The number of hydrogen-bond donors (Lipinski definition) is 1. The Kier molecular flexibility index (Phi) is 2.59. The largest absolute Gasteiger partial charge is 0.489 e. The summed E-state index contributed by atoms with van der Waals surface area (Å²) >= 11 is 0. The molecule has 0 saturated heterocycles. The number of aromatic carboxylic acids is 1. The van der Waals surface area contributed by atoms with Crippen molar-refractivity contribution in [2.45, 2.75) is 6.92 Å². The van der Waals surface area contributed by atoms with E-state index in [9.17, 15) is 9.59 Å². The number of carboxylic acid groups (broad SMARTS) is 1. The van der Waals surface area contributed by atoms with Crippen LogP contribution in [0, 0.1) is 6.92 Å². The minimum atomic E-state index is -1.33. The van der Waals surface area contributed by atoms with Gasteiger partial charge in [-0.3, -0.25) is 4.79 Å². The van der Waals surface area contributed by atoms with Crippen LogP contribution in [0.15, 0.2) is 27.4 Å². The summed E-state index contributed by atoms with van der Waals surface area (Å²) in [5.74, 6) is -2.09. The Morgan fingerprint density at radius 3 is 2.71 bits per heavy atom. The second-order valence-electron chi connectivity index (χ2n) is 3.60. The second kappa shape index (κ2) is 3.93. The molecule has 0 bridgehead atoms. The van der Waals surface area contributed by atoms with E-state index in [0.717, 1.165) is 5.56 Å². The summed E-state index contributed by atoms with van der Waals surface area (Å²) in [6, 6.07) is 4.94. The first kappa shape index (κ1) is 11.2. The molecule has 0 amide bonds. The Labute approximate surface area is 96.2 Å². The molecule has 0 aliphatic rings. The third kappa shape index (κ3) is 1.75. The van der Waals surface area contributed by atoms with E-state index in [-0.39, 0.29) is 11.3 Å². The van der Waals surface area contributed by atoms with Crippen molar-refractivity contribution in [2.75, 3.05) is 7.11 Å². The Hall–Kier alpha value is -2.30. The van der Waals surface area contributed by atoms with Crippen LogP contribution in [0.4, 0.5) is 0 Å². The highest BCUT2D eigenvalue weighted by molar-refractivity contribution is 5.91. The predicted octanol–water partition coefficient (Wildman–Crippen LogP) is 1.81. The van der Waals surface area contributed by atoms with Crippen LogP contribution in [0.25, 0.3) is 11.0 Å². The molecule has 0 aliphatic heterocycles. The zero-order valence-electron chi connectivity index (χ0n) is 9.31. The number of aryl methyl sites for hydroxylation is 1. The summed E-state index contributed by atoms with van der Waals surface area (Å²) in [5.41, 5.74) is 0.642. The van der Waals surface area contributed by atoms with E-state index in [0.29, 0.717) is 5.39 Å². The summed E-state index contributed by atoms with van der Waals surface area (Å²) in [5, 5.41) is 9.23. The van der Waals surface area contributed by atoms with Gasteiger partial charge in [-0.2, -0.15) is 0 Å². The van der Waals surface area contributed by atoms with E-state index in [1.54, 1.807) is 18.2 Å². The lowest BCUT2D eigenvalue weighted by atomic mass is 10.1. The minimum Gasteiger partial charge on any atom is -0.489 e. The summed E-state index contributed by atoms with van der Waals surface area (Å²) in [7, 11) is 1.24. The maximum Gasteiger partial charge on any atom is 0.375 e. The molecule has 1 aromatic carbocycles. The summed E-state index contributed by atoms with van der Waals surface area (Å²) in [6.45, 7) is 1.83. The van der Waals surface area contributed by atoms with Gasteiger partial charge in [-0.15, -0.1) is 0 Å². The maximum absolute atomic E-state index is 12.0. The fraction of sp³-hybridized carbons (Fsp3) is 0.167. The lowest BCUT2D eigenvalue weighted by Gasteiger charge is -2.05. The lowest BCUT2D eigenvalue weighted by molar-refractivity contribution is 0.0657. The molecule has 5 heteroatoms. The van der Waals surface area contributed by atoms with E-state index >= 15 is 0 Å². The second-order valence-corrected chi connectivity index (χ2v) is 3.60. The normalized spacial score (nSPS) is 10.5. The van der Waals surface area contributed by atoms with Gasteiger partial charge in [0.25, 0.3) is 5.76 Å². The van der Waals surface area contributed by atoms with Crippen LogP contribution >= 0.6 is 0 Å². The van der Waals surface area contributed by atoms with Gasteiger partial charge >= 0.3 is 5.97 Å². The highest BCUT2D eigenvalue weighted by atomic mass is 16.5. The molecule has 1 aromatic heterocycles. The van der Waals surface area contributed by atoms with E-state index in [2.05, 4.69) is 0 Å². The molecule has 0 unspecified atom stereocenters. The number of hydrogen-bond acceptors (Lipinski definition) is 4. The molecule has 0 atom stereocenters. The molecule has 1 N–H and O–H groups in total. The van der Waals surface area contributed by atoms with Gasteiger partial charge in [0.05, 0.1) is 12.5 Å². The molecular formula is C12H10O5. The topological polar surface area (TPSA) is 76.7 Å². The first-order valence-corrected chi connectivity index (χ1v) is 4.89. The number of benzene rings is 1. The smallest absolute Gasteiger partial charge is 0.375 e. The maximum atomic E-state index is 12.0. The highest BCUT2D eigenvalue weighted by Crippen LogP contribution is 2.21. The summed E-state index contributed by atoms with van der Waals surface area (Å²) in [4.78, 5) is 22.9. The number of carboxylic acids is 1. The van der Waals surface area contributed by atoms with Crippen molar-refractivity contribution in [1.82, 2.24) is 0 Å². The molecule has 17 heavy (non-hydrogen) atoms. The number of methoxy groups -OCH3 is 1. The fourth-order valence-corrected chi connectivity index (χ4v) is 1.62. The molecule has 88 valence electrons. The van der Waals surface area contributed by atoms with Gasteiger partial charge < -0.3 is 14.3 Å². The molecule has 1 heterocycles. The first-order chi connectivity index (χ1) is 8.04. The van der Waals surface area contributed by atoms with E-state index in [4.69, 9.17) is 14.3 Å². The molecule has 2 rings (SSSR count). The van der Waals surface area contributed by atoms with E-state index in [1.807, 2.05) is 6.92 Å². The Morgan fingerprint density at radius 1 is 1.41 bits per heavy atom. The van der Waals surface area contributed by atoms with Gasteiger partial charge in [-0.25, -0.2) is 4.79 Å². The van der Waals surface area contributed by atoms with Gasteiger partial charge in [0.15, 0.2) is 0 Å². The van der Waals surface area contributed by atoms with E-state index in [1.165, 1.54) is 7.11 Å². The molecule has 2 aromatic rings. The average molecular weight is 234 g/mol. The van der Waals surface area contributed by atoms with Crippen molar-refractivity contribution < 1.29 is 19.1 Å². The molecule has 0 fully saturated rings. The van der Waals surface area contributed by atoms with Crippen molar-refractivity contribution in [2.24, 2.45) is 0 Å². The zero-order valence-corrected chi connectivity index (χ0v) is 9.31. The van der Waals surface area contributed by atoms with Crippen LogP contribution in [-0.4, -0.2) is 18.2 Å². The van der Waals surface area contributed by atoms with E-state index < -0.39 is 17.2 Å². The Bertz CT molecular complexity index is 654.